The number of likely N-dealkylation sites (tertiary alicyclic amines) is 3. The average molecular weight is 1710 g/mol. The summed E-state index contributed by atoms with van der Waals surface area (Å²) < 4.78 is 0. The lowest BCUT2D eigenvalue weighted by molar-refractivity contribution is -0.130. The summed E-state index contributed by atoms with van der Waals surface area (Å²) in [4.78, 5) is 133. The minimum absolute atomic E-state index is 0.0137. The molecule has 32 nitrogen and oxygen atoms in total. The van der Waals surface area contributed by atoms with Gasteiger partial charge in [0.2, 0.25) is 23.6 Å². The number of hydrogen-bond acceptors (Lipinski definition) is 17. The van der Waals surface area contributed by atoms with Crippen molar-refractivity contribution >= 4 is 82.4 Å². The zero-order valence-corrected chi connectivity index (χ0v) is 73.9. The summed E-state index contributed by atoms with van der Waals surface area (Å²) in [5.41, 5.74) is 9.13. The van der Waals surface area contributed by atoms with Gasteiger partial charge in [0, 0.05) is 110 Å². The zero-order valence-electron chi connectivity index (χ0n) is 73.9. The Morgan fingerprint density at radius 2 is 0.784 bits per heavy atom. The number of fused-ring (bicyclic) bond motifs is 3. The lowest BCUT2D eigenvalue weighted by atomic mass is 9.97. The molecule has 14 rings (SSSR count). The van der Waals surface area contributed by atoms with Gasteiger partial charge in [-0.05, 0) is 206 Å². The van der Waals surface area contributed by atoms with Gasteiger partial charge in [0.15, 0.2) is 17.5 Å². The molecule has 0 saturated carbocycles. The van der Waals surface area contributed by atoms with E-state index in [1.807, 2.05) is 199 Å². The molecule has 6 aliphatic heterocycles. The first-order valence-corrected chi connectivity index (χ1v) is 42.7. The molecule has 1 unspecified atom stereocenters. The van der Waals surface area contributed by atoms with Crippen LogP contribution in [0.4, 0.5) is 43.2 Å². The number of nitrogens with zero attached hydrogens (tertiary/aromatic N) is 12. The number of aromatic amines is 3. The Labute approximate surface area is 731 Å². The number of H-pyrrole nitrogens is 3. The van der Waals surface area contributed by atoms with Gasteiger partial charge in [0.05, 0.1) is 77.4 Å². The number of rotatable bonds is 25. The maximum Gasteiger partial charge on any atom is 0.319 e. The second kappa shape index (κ2) is 40.1. The van der Waals surface area contributed by atoms with Gasteiger partial charge in [-0.2, -0.15) is 15.3 Å². The molecule has 0 spiro atoms. The van der Waals surface area contributed by atoms with Crippen LogP contribution in [0.1, 0.15) is 169 Å². The molecule has 3 fully saturated rings. The molecule has 5 atom stereocenters. The lowest BCUT2D eigenvalue weighted by Crippen LogP contribution is -2.48. The van der Waals surface area contributed by atoms with Gasteiger partial charge in [-0.15, -0.1) is 0 Å². The third kappa shape index (κ3) is 21.8. The Kier molecular flexibility index (Phi) is 29.3. The molecule has 662 valence electrons. The van der Waals surface area contributed by atoms with E-state index in [0.717, 1.165) is 94.2 Å². The quantitative estimate of drug-likeness (QED) is 0.0237. The van der Waals surface area contributed by atoms with Crippen molar-refractivity contribution in [2.45, 2.75) is 147 Å². The van der Waals surface area contributed by atoms with Crippen LogP contribution >= 0.6 is 0 Å². The topological polar surface area (TPSA) is 365 Å². The van der Waals surface area contributed by atoms with Crippen LogP contribution in [0.25, 0.3) is 0 Å². The fourth-order valence-corrected chi connectivity index (χ4v) is 17.2. The number of amides is 12. The summed E-state index contributed by atoms with van der Waals surface area (Å²) in [5.74, 6) is 0.578. The van der Waals surface area contributed by atoms with Crippen molar-refractivity contribution in [1.29, 1.82) is 0 Å². The van der Waals surface area contributed by atoms with E-state index >= 15 is 0 Å². The number of likely N-dealkylation sites (N-methyl/N-ethyl adjacent to an activating group) is 3. The highest BCUT2D eigenvalue weighted by Crippen LogP contribution is 2.45. The smallest absolute Gasteiger partial charge is 0.319 e. The molecule has 3 aromatic heterocycles. The highest BCUT2D eigenvalue weighted by Gasteiger charge is 2.48. The zero-order chi connectivity index (χ0) is 89.6. The van der Waals surface area contributed by atoms with Crippen LogP contribution in [0, 0.1) is 5.92 Å². The maximum atomic E-state index is 13.7. The van der Waals surface area contributed by atoms with Crippen LogP contribution in [0.5, 0.6) is 0 Å². The van der Waals surface area contributed by atoms with Crippen molar-refractivity contribution in [3.63, 3.8) is 0 Å². The van der Waals surface area contributed by atoms with Crippen LogP contribution in [0.2, 0.25) is 0 Å². The molecule has 6 aliphatic rings. The summed E-state index contributed by atoms with van der Waals surface area (Å²) in [7, 11) is 12.0. The van der Waals surface area contributed by atoms with E-state index in [2.05, 4.69) is 103 Å². The number of carbonyl (C=O) groups excluding carboxylic acids is 9. The van der Waals surface area contributed by atoms with E-state index in [-0.39, 0.29) is 89.7 Å². The summed E-state index contributed by atoms with van der Waals surface area (Å²) >= 11 is 0. The summed E-state index contributed by atoms with van der Waals surface area (Å²) in [6, 6.07) is 43.0. The van der Waals surface area contributed by atoms with Crippen LogP contribution in [-0.2, 0) is 55.4 Å². The molecule has 3 saturated heterocycles. The van der Waals surface area contributed by atoms with E-state index in [4.69, 9.17) is 0 Å². The normalized spacial score (nSPS) is 17.9. The molecule has 0 radical (unpaired) electrons. The summed E-state index contributed by atoms with van der Waals surface area (Å²) in [5, 5.41) is 48.2. The van der Waals surface area contributed by atoms with E-state index in [9.17, 15) is 43.2 Å². The van der Waals surface area contributed by atoms with E-state index in [1.54, 1.807) is 58.3 Å². The van der Waals surface area contributed by atoms with Crippen molar-refractivity contribution in [1.82, 2.24) is 90.6 Å². The first kappa shape index (κ1) is 91.3. The molecule has 8 aromatic rings. The van der Waals surface area contributed by atoms with Crippen molar-refractivity contribution in [3.05, 3.63) is 239 Å². The molecule has 5 aromatic carbocycles. The van der Waals surface area contributed by atoms with Gasteiger partial charge in [0.1, 0.15) is 0 Å². The van der Waals surface area contributed by atoms with E-state index in [0.29, 0.717) is 113 Å². The second-order valence-electron chi connectivity index (χ2n) is 35.0. The average Bonchev–Trinajstić information content (AvgIpc) is 1.60. The molecule has 32 heteroatoms. The first-order valence-electron chi connectivity index (χ1n) is 42.7. The van der Waals surface area contributed by atoms with Crippen molar-refractivity contribution in [2.24, 2.45) is 5.92 Å². The number of anilines is 5. The summed E-state index contributed by atoms with van der Waals surface area (Å²) in [6.45, 7) is 29.1. The predicted octanol–water partition coefficient (Wildman–Crippen LogP) is 11.5. The number of nitrogens with one attached hydrogen (secondary N) is 11. The fraction of sp³-hybridized carbons (Fsp3) is 0.419. The molecular formula is C93H121N23O9. The van der Waals surface area contributed by atoms with Crippen molar-refractivity contribution < 1.29 is 43.2 Å². The Hall–Kier alpha value is -12.9. The Morgan fingerprint density at radius 3 is 1.17 bits per heavy atom. The third-order valence-corrected chi connectivity index (χ3v) is 24.1. The molecule has 9 heterocycles. The van der Waals surface area contributed by atoms with Gasteiger partial charge < -0.3 is 86.6 Å². The summed E-state index contributed by atoms with van der Waals surface area (Å²) in [6.07, 6.45) is 8.45. The number of piperidine rings is 3. The molecular weight excluding hydrogens is 1580 g/mol. The first-order chi connectivity index (χ1) is 59.7. The molecule has 0 aliphatic carbocycles. The van der Waals surface area contributed by atoms with Crippen molar-refractivity contribution in [2.75, 3.05) is 128 Å². The highest BCUT2D eigenvalue weighted by atomic mass is 16.2. The monoisotopic (exact) mass is 1700 g/mol. The van der Waals surface area contributed by atoms with E-state index in [1.165, 1.54) is 18.2 Å². The Morgan fingerprint density at radius 1 is 0.424 bits per heavy atom. The van der Waals surface area contributed by atoms with Gasteiger partial charge in [0.25, 0.3) is 11.8 Å². The second-order valence-corrected chi connectivity index (χ2v) is 35.0. The van der Waals surface area contributed by atoms with Crippen LogP contribution < -0.4 is 42.5 Å². The van der Waals surface area contributed by atoms with Gasteiger partial charge in [-0.3, -0.25) is 44.1 Å². The van der Waals surface area contributed by atoms with Crippen LogP contribution in [-0.4, -0.2) is 242 Å². The number of hydrogen-bond donors (Lipinski definition) is 11. The number of aromatic nitrogens is 6. The van der Waals surface area contributed by atoms with Gasteiger partial charge in [-0.1, -0.05) is 111 Å². The number of urea groups is 3. The largest absolute Gasteiger partial charge is 0.365 e. The van der Waals surface area contributed by atoms with Crippen molar-refractivity contribution in [3.8, 4) is 0 Å². The van der Waals surface area contributed by atoms with Crippen LogP contribution in [0.3, 0.4) is 0 Å². The number of carbonyl (C=O) groups is 9. The van der Waals surface area contributed by atoms with Gasteiger partial charge >= 0.3 is 18.1 Å². The molecule has 12 amide bonds. The minimum Gasteiger partial charge on any atom is -0.365 e. The Balaban J connectivity index is 0.000000172. The standard InChI is InChI=1S/2C33H42N8O3.C27H37N7O3/c1-6-28(42)34-24-16-14-23(15-17-24)31(43)40-18-10-13-25(19-40)35-30-26-20-41(33(2,3)29(26)37-38-30)32(44)36-27(21-39(4)5)22-11-8-7-9-12-22;1-6-28(42)34-24-14-12-23(13-15-24)31(43)40-18-16-25(17-19-40)35-30-26-20-41(33(2,3)29(26)37-38-30)32(44)36-27(21-39(4)5)22-10-8-7-9-11-22;1-6-22(35)33-14-10-13-19(15-33)25(36)29-24-20-16-34(27(2,3)23(20)30-31-24)26(37)28-21(17-32(4)5)18-11-8-7-9-12-18/h6-9,11-12,14-17,25,27H,1,10,13,18-21H2,2-5H3,(H,34,42)(H,36,44)(H2,35,37,38);6-15,25,27H,1,16-21H2,2-5H3,(H,34,42)(H,36,44)(H2,35,37,38);6-9,11-12,19,21H,1,10,13-17H2,2-5H3,(H,28,37)(H2,29,30,31,36)/t25?,27-;27-;19-,21+/m110/s1. The number of benzene rings is 5. The molecule has 0 bridgehead atoms. The fourth-order valence-electron chi connectivity index (χ4n) is 17.2. The highest BCUT2D eigenvalue weighted by molar-refractivity contribution is 6.01. The predicted molar refractivity (Wildman–Crippen MR) is 484 cm³/mol. The Bertz CT molecular complexity index is 5150. The van der Waals surface area contributed by atoms with Gasteiger partial charge in [-0.25, -0.2) is 14.4 Å². The lowest BCUT2D eigenvalue weighted by Gasteiger charge is -2.34. The SMILES string of the molecule is C=CC(=O)N1CCC[C@H](C(=O)Nc2n[nH]c3c2CN(C(=O)N[C@H](CN(C)C)c2ccccc2)C3(C)C)C1.C=CC(=O)Nc1ccc(C(=O)N2CCC(Nc3n[nH]c4c3CN(C(=O)N[C@H](CN(C)C)c3ccccc3)C4(C)C)CC2)cc1.C=CC(=O)Nc1ccc(C(=O)N2CCCC(Nc3n[nH]c4c3CN(C(=O)N[C@H](CN(C)C)c3ccccc3)C4(C)C)C2)cc1. The molecule has 125 heavy (non-hydrogen) atoms. The van der Waals surface area contributed by atoms with Crippen LogP contribution in [0.15, 0.2) is 177 Å². The third-order valence-electron chi connectivity index (χ3n) is 24.1. The maximum absolute atomic E-state index is 13.7. The minimum atomic E-state index is -0.646. The molecule has 11 N–H and O–H groups in total. The van der Waals surface area contributed by atoms with E-state index < -0.39 is 16.6 Å².